The van der Waals surface area contributed by atoms with Gasteiger partial charge in [-0.05, 0) is 24.6 Å². The van der Waals surface area contributed by atoms with Gasteiger partial charge in [0.05, 0.1) is 24.7 Å². The number of ether oxygens (including phenoxy) is 1. The lowest BCUT2D eigenvalue weighted by Crippen LogP contribution is -2.25. The largest absolute Gasteiger partial charge is 0.462 e. The van der Waals surface area contributed by atoms with Crippen molar-refractivity contribution >= 4 is 11.9 Å². The van der Waals surface area contributed by atoms with E-state index in [9.17, 15) is 19.8 Å². The van der Waals surface area contributed by atoms with Gasteiger partial charge in [-0.2, -0.15) is 0 Å². The van der Waals surface area contributed by atoms with Crippen LogP contribution in [0.4, 0.5) is 0 Å². The van der Waals surface area contributed by atoms with Crippen LogP contribution in [0.2, 0.25) is 0 Å². The van der Waals surface area contributed by atoms with Gasteiger partial charge < -0.3 is 20.7 Å². The second kappa shape index (κ2) is 6.86. The summed E-state index contributed by atoms with van der Waals surface area (Å²) < 4.78 is 4.83. The van der Waals surface area contributed by atoms with Crippen molar-refractivity contribution < 1.29 is 24.5 Å². The van der Waals surface area contributed by atoms with Crippen LogP contribution in [0.25, 0.3) is 0 Å². The number of benzene rings is 1. The molecule has 1 rings (SSSR count). The second-order valence-corrected chi connectivity index (χ2v) is 4.03. The maximum absolute atomic E-state index is 11.5. The zero-order valence-electron chi connectivity index (χ0n) is 10.6. The molecule has 19 heavy (non-hydrogen) atoms. The number of carbonyl (C=O) groups is 2. The number of nitrogens with two attached hydrogens (primary N) is 1. The van der Waals surface area contributed by atoms with E-state index >= 15 is 0 Å². The SMILES string of the molecule is CCOC(=O)c1cccc(C(O)C(O)CC(N)=O)c1. The molecule has 2 unspecified atom stereocenters. The standard InChI is InChI=1S/C13H17NO5/c1-2-19-13(18)9-5-3-4-8(6-9)12(17)10(15)7-11(14)16/h3-6,10,12,15,17H,2,7H2,1H3,(H2,14,16). The first-order valence-corrected chi connectivity index (χ1v) is 5.87. The summed E-state index contributed by atoms with van der Waals surface area (Å²) >= 11 is 0. The molecule has 0 aliphatic rings. The van der Waals surface area contributed by atoms with Gasteiger partial charge in [-0.25, -0.2) is 4.79 Å². The van der Waals surface area contributed by atoms with Gasteiger partial charge in [0.1, 0.15) is 6.10 Å². The lowest BCUT2D eigenvalue weighted by Gasteiger charge is -2.17. The fraction of sp³-hybridized carbons (Fsp3) is 0.385. The van der Waals surface area contributed by atoms with E-state index in [2.05, 4.69) is 0 Å². The number of rotatable bonds is 6. The summed E-state index contributed by atoms with van der Waals surface area (Å²) in [6, 6.07) is 6.04. The van der Waals surface area contributed by atoms with Crippen LogP contribution in [-0.4, -0.2) is 34.8 Å². The number of amides is 1. The third-order valence-corrected chi connectivity index (χ3v) is 2.51. The first-order chi connectivity index (χ1) is 8.95. The van der Waals surface area contributed by atoms with Crippen molar-refractivity contribution in [2.45, 2.75) is 25.6 Å². The summed E-state index contributed by atoms with van der Waals surface area (Å²) in [5.74, 6) is -1.23. The third kappa shape index (κ3) is 4.35. The Morgan fingerprint density at radius 2 is 2.05 bits per heavy atom. The van der Waals surface area contributed by atoms with Gasteiger partial charge in [0.15, 0.2) is 0 Å². The Morgan fingerprint density at radius 1 is 1.37 bits per heavy atom. The first kappa shape index (κ1) is 15.1. The molecule has 0 saturated heterocycles. The number of aliphatic hydroxyl groups is 2. The Bertz CT molecular complexity index is 460. The molecule has 0 aliphatic carbocycles. The van der Waals surface area contributed by atoms with Crippen molar-refractivity contribution in [1.29, 1.82) is 0 Å². The summed E-state index contributed by atoms with van der Waals surface area (Å²) in [5.41, 5.74) is 5.53. The second-order valence-electron chi connectivity index (χ2n) is 4.03. The van der Waals surface area contributed by atoms with Crippen LogP contribution >= 0.6 is 0 Å². The highest BCUT2D eigenvalue weighted by Crippen LogP contribution is 2.20. The van der Waals surface area contributed by atoms with Crippen molar-refractivity contribution in [2.24, 2.45) is 5.73 Å². The Hall–Kier alpha value is -1.92. The molecule has 104 valence electrons. The molecule has 6 nitrogen and oxygen atoms in total. The third-order valence-electron chi connectivity index (χ3n) is 2.51. The van der Waals surface area contributed by atoms with E-state index in [1.807, 2.05) is 0 Å². The first-order valence-electron chi connectivity index (χ1n) is 5.87. The zero-order valence-corrected chi connectivity index (χ0v) is 10.6. The highest BCUT2D eigenvalue weighted by Gasteiger charge is 2.21. The van der Waals surface area contributed by atoms with Crippen LogP contribution in [0.3, 0.4) is 0 Å². The Balaban J connectivity index is 2.86. The lowest BCUT2D eigenvalue weighted by molar-refractivity contribution is -0.121. The van der Waals surface area contributed by atoms with Crippen LogP contribution in [0.1, 0.15) is 35.4 Å². The maximum Gasteiger partial charge on any atom is 0.338 e. The lowest BCUT2D eigenvalue weighted by atomic mass is 10.00. The van der Waals surface area contributed by atoms with E-state index in [1.165, 1.54) is 18.2 Å². The highest BCUT2D eigenvalue weighted by atomic mass is 16.5. The molecule has 0 aliphatic heterocycles. The molecule has 1 aromatic carbocycles. The minimum atomic E-state index is -1.31. The smallest absolute Gasteiger partial charge is 0.338 e. The number of aliphatic hydroxyl groups excluding tert-OH is 2. The van der Waals surface area contributed by atoms with Gasteiger partial charge in [0, 0.05) is 0 Å². The normalized spacial score (nSPS) is 13.6. The van der Waals surface area contributed by atoms with E-state index < -0.39 is 24.1 Å². The van der Waals surface area contributed by atoms with Crippen molar-refractivity contribution in [3.05, 3.63) is 35.4 Å². The van der Waals surface area contributed by atoms with Gasteiger partial charge in [-0.3, -0.25) is 4.79 Å². The molecule has 0 saturated carbocycles. The molecule has 1 aromatic rings. The van der Waals surface area contributed by atoms with Crippen molar-refractivity contribution in [3.8, 4) is 0 Å². The molecule has 6 heteroatoms. The van der Waals surface area contributed by atoms with Crippen LogP contribution in [-0.2, 0) is 9.53 Å². The van der Waals surface area contributed by atoms with Crippen LogP contribution in [0.5, 0.6) is 0 Å². The average molecular weight is 267 g/mol. The molecule has 0 spiro atoms. The summed E-state index contributed by atoms with van der Waals surface area (Å²) in [4.78, 5) is 22.2. The number of hydrogen-bond acceptors (Lipinski definition) is 5. The number of esters is 1. The van der Waals surface area contributed by atoms with E-state index in [-0.39, 0.29) is 18.6 Å². The summed E-state index contributed by atoms with van der Waals surface area (Å²) in [6.45, 7) is 1.93. The number of hydrogen-bond donors (Lipinski definition) is 3. The van der Waals surface area contributed by atoms with Crippen molar-refractivity contribution in [1.82, 2.24) is 0 Å². The van der Waals surface area contributed by atoms with E-state index in [0.29, 0.717) is 5.56 Å². The fourth-order valence-corrected chi connectivity index (χ4v) is 1.60. The maximum atomic E-state index is 11.5. The summed E-state index contributed by atoms with van der Waals surface area (Å²) in [7, 11) is 0. The average Bonchev–Trinajstić information content (AvgIpc) is 2.37. The topological polar surface area (TPSA) is 110 Å². The molecule has 0 heterocycles. The zero-order chi connectivity index (χ0) is 14.4. The van der Waals surface area contributed by atoms with Gasteiger partial charge in [0.2, 0.25) is 5.91 Å². The number of primary amides is 1. The summed E-state index contributed by atoms with van der Waals surface area (Å²) in [5, 5.41) is 19.5. The fourth-order valence-electron chi connectivity index (χ4n) is 1.60. The summed E-state index contributed by atoms with van der Waals surface area (Å²) in [6.07, 6.45) is -2.96. The molecule has 0 radical (unpaired) electrons. The predicted molar refractivity (Wildman–Crippen MR) is 67.2 cm³/mol. The molecular weight excluding hydrogens is 250 g/mol. The molecule has 1 amide bonds. The van der Waals surface area contributed by atoms with Crippen LogP contribution in [0, 0.1) is 0 Å². The van der Waals surface area contributed by atoms with Crippen LogP contribution in [0.15, 0.2) is 24.3 Å². The monoisotopic (exact) mass is 267 g/mol. The van der Waals surface area contributed by atoms with E-state index in [1.54, 1.807) is 13.0 Å². The van der Waals surface area contributed by atoms with E-state index in [0.717, 1.165) is 0 Å². The molecular formula is C13H17NO5. The van der Waals surface area contributed by atoms with Gasteiger partial charge in [-0.1, -0.05) is 12.1 Å². The molecule has 2 atom stereocenters. The Morgan fingerprint density at radius 3 is 2.63 bits per heavy atom. The van der Waals surface area contributed by atoms with Crippen LogP contribution < -0.4 is 5.73 Å². The van der Waals surface area contributed by atoms with Gasteiger partial charge in [-0.15, -0.1) is 0 Å². The highest BCUT2D eigenvalue weighted by molar-refractivity contribution is 5.89. The molecule has 0 aromatic heterocycles. The van der Waals surface area contributed by atoms with E-state index in [4.69, 9.17) is 10.5 Å². The Kier molecular flexibility index (Phi) is 5.47. The minimum Gasteiger partial charge on any atom is -0.462 e. The predicted octanol–water partition coefficient (Wildman–Crippen LogP) is 0.133. The van der Waals surface area contributed by atoms with Gasteiger partial charge >= 0.3 is 5.97 Å². The van der Waals surface area contributed by atoms with Crippen molar-refractivity contribution in [2.75, 3.05) is 6.61 Å². The number of carbonyl (C=O) groups excluding carboxylic acids is 2. The molecule has 0 fully saturated rings. The Labute approximate surface area is 110 Å². The minimum absolute atomic E-state index is 0.246. The molecule has 4 N–H and O–H groups in total. The quantitative estimate of drug-likeness (QED) is 0.635. The van der Waals surface area contributed by atoms with Gasteiger partial charge in [0.25, 0.3) is 0 Å². The van der Waals surface area contributed by atoms with Crippen molar-refractivity contribution in [3.63, 3.8) is 0 Å². The molecule has 0 bridgehead atoms.